The Labute approximate surface area is 394 Å². The van der Waals surface area contributed by atoms with E-state index in [0.29, 0.717) is 5.92 Å². The predicted octanol–water partition coefficient (Wildman–Crippen LogP) is 14.8. The fourth-order valence-corrected chi connectivity index (χ4v) is 11.7. The van der Waals surface area contributed by atoms with Crippen molar-refractivity contribution >= 4 is 77.5 Å². The van der Waals surface area contributed by atoms with E-state index in [9.17, 15) is 0 Å². The van der Waals surface area contributed by atoms with Crippen molar-refractivity contribution in [1.29, 1.82) is 0 Å². The number of aryl methyl sites for hydroxylation is 1. The third kappa shape index (κ3) is 8.26. The van der Waals surface area contributed by atoms with Gasteiger partial charge in [0.1, 0.15) is 4.83 Å². The van der Waals surface area contributed by atoms with Gasteiger partial charge in [-0.3, -0.25) is 4.98 Å². The minimum atomic E-state index is -1.34. The smallest absolute Gasteiger partial charge is 0.113 e. The van der Waals surface area contributed by atoms with Gasteiger partial charge in [-0.15, -0.1) is 54.1 Å². The van der Waals surface area contributed by atoms with Gasteiger partial charge in [-0.25, -0.2) is 4.98 Å². The number of hydrogen-bond acceptors (Lipinski definition) is 4. The molecule has 64 heavy (non-hydrogen) atoms. The number of nitrogens with zero attached hydrogens (tertiary/aromatic N) is 4. The summed E-state index contributed by atoms with van der Waals surface area (Å²) in [6, 6.07) is 62.4. The number of benzene rings is 7. The molecule has 0 aliphatic heterocycles. The summed E-state index contributed by atoms with van der Waals surface area (Å²) < 4.78 is 3.46. The Balaban J connectivity index is 0.000000209. The van der Waals surface area contributed by atoms with Crippen molar-refractivity contribution in [3.8, 4) is 39.5 Å². The number of imidazole rings is 1. The Hall–Kier alpha value is -6.08. The molecule has 317 valence electrons. The summed E-state index contributed by atoms with van der Waals surface area (Å²) in [5.41, 5.74) is 11.1. The van der Waals surface area contributed by atoms with E-state index >= 15 is 0 Å². The first kappa shape index (κ1) is 43.2. The third-order valence-electron chi connectivity index (χ3n) is 11.8. The molecule has 4 heterocycles. The van der Waals surface area contributed by atoms with Crippen LogP contribution in [0.4, 0.5) is 0 Å². The molecule has 11 rings (SSSR count). The minimum Gasteiger partial charge on any atom is -0.333 e. The van der Waals surface area contributed by atoms with Gasteiger partial charge >= 0.3 is 0 Å². The van der Waals surface area contributed by atoms with Crippen LogP contribution >= 0.6 is 11.3 Å². The quantitative estimate of drug-likeness (QED) is 0.0908. The molecule has 0 saturated heterocycles. The van der Waals surface area contributed by atoms with Crippen molar-refractivity contribution in [2.75, 3.05) is 0 Å². The molecule has 0 amide bonds. The van der Waals surface area contributed by atoms with Crippen molar-refractivity contribution < 1.29 is 20.1 Å². The molecule has 1 radical (unpaired) electrons. The van der Waals surface area contributed by atoms with Gasteiger partial charge in [0.2, 0.25) is 0 Å². The van der Waals surface area contributed by atoms with Crippen molar-refractivity contribution in [3.05, 3.63) is 187 Å². The summed E-state index contributed by atoms with van der Waals surface area (Å²) in [6.45, 7) is 13.8. The maximum atomic E-state index is 5.45. The Morgan fingerprint density at radius 2 is 1.42 bits per heavy atom. The van der Waals surface area contributed by atoms with Crippen LogP contribution in [0.5, 0.6) is 0 Å². The van der Waals surface area contributed by atoms with Gasteiger partial charge in [-0.1, -0.05) is 147 Å². The summed E-state index contributed by atoms with van der Waals surface area (Å²) in [5, 5.41) is 8.69. The molecule has 0 unspecified atom stereocenters. The normalized spacial score (nSPS) is 11.7. The zero-order valence-electron chi connectivity index (χ0n) is 36.9. The van der Waals surface area contributed by atoms with Crippen molar-refractivity contribution in [1.82, 2.24) is 19.5 Å². The van der Waals surface area contributed by atoms with Gasteiger partial charge in [0.05, 0.1) is 24.9 Å². The maximum absolute atomic E-state index is 5.45. The van der Waals surface area contributed by atoms with Gasteiger partial charge in [0.15, 0.2) is 0 Å². The topological polar surface area (TPSA) is 43.6 Å². The molecular weight excluding hydrogens is 993 g/mol. The first-order chi connectivity index (χ1) is 30.6. The van der Waals surface area contributed by atoms with Crippen LogP contribution < -0.4 is 5.19 Å². The van der Waals surface area contributed by atoms with Crippen LogP contribution in [0.25, 0.3) is 92.3 Å². The predicted molar refractivity (Wildman–Crippen MR) is 271 cm³/mol. The van der Waals surface area contributed by atoms with E-state index in [2.05, 4.69) is 195 Å². The fourth-order valence-electron chi connectivity index (χ4n) is 8.87. The first-order valence-corrected chi connectivity index (χ1v) is 26.1. The van der Waals surface area contributed by atoms with Crippen LogP contribution in [0.3, 0.4) is 0 Å². The molecule has 0 atom stereocenters. The average molecular weight is 1040 g/mol. The van der Waals surface area contributed by atoms with E-state index in [1.165, 1.54) is 48.8 Å². The molecule has 0 fully saturated rings. The monoisotopic (exact) mass is 1040 g/mol. The van der Waals surface area contributed by atoms with Crippen molar-refractivity contribution in [3.63, 3.8) is 0 Å². The molecule has 4 nitrogen and oxygen atoms in total. The van der Waals surface area contributed by atoms with Gasteiger partial charge in [0, 0.05) is 43.1 Å². The third-order valence-corrected chi connectivity index (χ3v) is 15.0. The second-order valence-electron chi connectivity index (χ2n) is 17.9. The maximum Gasteiger partial charge on any atom is 0.113 e. The van der Waals surface area contributed by atoms with E-state index in [1.54, 1.807) is 11.3 Å². The molecule has 11 aromatic rings. The van der Waals surface area contributed by atoms with E-state index in [-0.39, 0.29) is 20.1 Å². The molecular formula is C57H48IrN4SSi-2. The molecule has 4 aromatic heterocycles. The summed E-state index contributed by atoms with van der Waals surface area (Å²) >= 11 is 1.72. The zero-order chi connectivity index (χ0) is 43.2. The molecule has 0 saturated carbocycles. The molecule has 0 bridgehead atoms. The largest absolute Gasteiger partial charge is 0.333 e. The number of hydrogen-bond donors (Lipinski definition) is 0. The number of fused-ring (bicyclic) bond motifs is 8. The van der Waals surface area contributed by atoms with Crippen LogP contribution in [0.15, 0.2) is 164 Å². The van der Waals surface area contributed by atoms with E-state index in [4.69, 9.17) is 9.97 Å². The van der Waals surface area contributed by atoms with Gasteiger partial charge in [0.25, 0.3) is 0 Å². The summed E-state index contributed by atoms with van der Waals surface area (Å²) in [7, 11) is -1.34. The summed E-state index contributed by atoms with van der Waals surface area (Å²) in [4.78, 5) is 16.0. The van der Waals surface area contributed by atoms with E-state index in [0.717, 1.165) is 66.4 Å². The molecule has 0 N–H and O–H groups in total. The summed E-state index contributed by atoms with van der Waals surface area (Å²) in [6.07, 6.45) is 3.24. The molecule has 0 spiro atoms. The number of aromatic nitrogens is 4. The Morgan fingerprint density at radius 1 is 0.656 bits per heavy atom. The van der Waals surface area contributed by atoms with Gasteiger partial charge < -0.3 is 9.55 Å². The molecule has 0 aliphatic rings. The second kappa shape index (κ2) is 17.8. The Kier molecular flexibility index (Phi) is 12.0. The first-order valence-electron chi connectivity index (χ1n) is 21.8. The molecule has 7 heteroatoms. The Bertz CT molecular complexity index is 3460. The van der Waals surface area contributed by atoms with Crippen LogP contribution in [0.2, 0.25) is 19.6 Å². The SMILES string of the molecule is CC(C)Cc1cc(-c2[c-]cccc2)ncc1[Si](C)(C)C.Cc1ccc2c(n1)sc1c(-c3nc4c5ccc6ccccc6c5ccc4n3-c3cccc(-c4ccccc4)c3)[c-]ccc12.[Ir]. The van der Waals surface area contributed by atoms with Crippen LogP contribution in [0, 0.1) is 25.0 Å². The van der Waals surface area contributed by atoms with Crippen molar-refractivity contribution in [2.24, 2.45) is 5.92 Å². The Morgan fingerprint density at radius 3 is 2.22 bits per heavy atom. The molecule has 0 aliphatic carbocycles. The van der Waals surface area contributed by atoms with Gasteiger partial charge in [-0.05, 0) is 91.8 Å². The molecule has 7 aromatic carbocycles. The van der Waals surface area contributed by atoms with E-state index < -0.39 is 8.07 Å². The standard InChI is InChI=1S/C39H24N3S.C18H24NSi.Ir/c1-24-17-19-33-32-15-8-16-34(37(32)43-39(33)40-24)38-41-36-31-20-18-26-11-5-6-14-29(26)30(31)21-22-35(36)42(38)28-13-7-12-27(23-28)25-9-3-2-4-10-25;1-14(2)11-16-12-17(15-9-7-6-8-10-15)19-13-18(16)20(3,4)5;/h2-15,17-23H,1H3;6-9,12-14H,11H2,1-5H3;/q2*-1;. The number of rotatable bonds is 7. The fraction of sp³-hybridized carbons (Fsp3) is 0.140. The number of pyridine rings is 2. The van der Waals surface area contributed by atoms with Crippen LogP contribution in [-0.2, 0) is 26.5 Å². The zero-order valence-corrected chi connectivity index (χ0v) is 41.1. The van der Waals surface area contributed by atoms with Crippen LogP contribution in [-0.4, -0.2) is 27.6 Å². The minimum absolute atomic E-state index is 0. The second-order valence-corrected chi connectivity index (χ2v) is 23.9. The summed E-state index contributed by atoms with van der Waals surface area (Å²) in [5.74, 6) is 1.55. The van der Waals surface area contributed by atoms with Gasteiger partial charge in [-0.2, -0.15) is 11.3 Å². The number of thiophene rings is 1. The average Bonchev–Trinajstić information content (AvgIpc) is 3.88. The van der Waals surface area contributed by atoms with Crippen LogP contribution in [0.1, 0.15) is 25.1 Å². The van der Waals surface area contributed by atoms with E-state index in [1.807, 2.05) is 31.2 Å². The van der Waals surface area contributed by atoms with Crippen molar-refractivity contribution in [2.45, 2.75) is 46.8 Å².